The zero-order valence-corrected chi connectivity index (χ0v) is 26.0. The van der Waals surface area contributed by atoms with E-state index in [9.17, 15) is 19.5 Å². The Morgan fingerprint density at radius 1 is 1.00 bits per heavy atom. The number of benzene rings is 1. The van der Waals surface area contributed by atoms with Gasteiger partial charge in [0.2, 0.25) is 17.7 Å². The number of anilines is 1. The number of hydrogen-bond acceptors (Lipinski definition) is 8. The normalized spacial score (nSPS) is 33.3. The van der Waals surface area contributed by atoms with Crippen molar-refractivity contribution in [2.24, 2.45) is 11.8 Å². The van der Waals surface area contributed by atoms with Gasteiger partial charge < -0.3 is 29.3 Å². The van der Waals surface area contributed by atoms with Crippen molar-refractivity contribution < 1.29 is 29.0 Å². The molecule has 1 N–H and O–H groups in total. The van der Waals surface area contributed by atoms with Crippen molar-refractivity contribution in [2.75, 3.05) is 70.6 Å². The summed E-state index contributed by atoms with van der Waals surface area (Å²) in [6, 6.07) is 6.07. The molecule has 1 aromatic rings. The van der Waals surface area contributed by atoms with Gasteiger partial charge >= 0.3 is 0 Å². The fraction of sp³-hybridized carbons (Fsp3) is 0.594. The Morgan fingerprint density at radius 3 is 2.42 bits per heavy atom. The molecule has 6 atom stereocenters. The molecule has 0 radical (unpaired) electrons. The van der Waals surface area contributed by atoms with Gasteiger partial charge in [0.1, 0.15) is 11.8 Å². The van der Waals surface area contributed by atoms with Crippen LogP contribution in [0.25, 0.3) is 0 Å². The highest BCUT2D eigenvalue weighted by Gasteiger charge is 2.74. The summed E-state index contributed by atoms with van der Waals surface area (Å²) in [4.78, 5) is 51.0. The molecule has 1 spiro atoms. The Morgan fingerprint density at radius 2 is 1.72 bits per heavy atom. The number of ether oxygens (including phenoxy) is 2. The van der Waals surface area contributed by atoms with E-state index in [0.29, 0.717) is 39.5 Å². The molecule has 0 saturated carbocycles. The van der Waals surface area contributed by atoms with Crippen LogP contribution < -0.4 is 9.64 Å². The van der Waals surface area contributed by atoms with Crippen molar-refractivity contribution in [1.82, 2.24) is 14.7 Å². The van der Waals surface area contributed by atoms with E-state index in [1.54, 1.807) is 28.5 Å². The third-order valence-corrected chi connectivity index (χ3v) is 11.4. The molecule has 43 heavy (non-hydrogen) atoms. The summed E-state index contributed by atoms with van der Waals surface area (Å²) in [6.07, 6.45) is 8.10. The maximum Gasteiger partial charge on any atom is 0.247 e. The van der Waals surface area contributed by atoms with Crippen LogP contribution in [0.5, 0.6) is 5.75 Å². The van der Waals surface area contributed by atoms with Gasteiger partial charge in [-0.15, -0.1) is 11.8 Å². The number of hydrogen-bond donors (Lipinski definition) is 1. The van der Waals surface area contributed by atoms with Gasteiger partial charge in [-0.1, -0.05) is 24.3 Å². The van der Waals surface area contributed by atoms with Gasteiger partial charge in [0.15, 0.2) is 0 Å². The largest absolute Gasteiger partial charge is 0.494 e. The van der Waals surface area contributed by atoms with Gasteiger partial charge in [-0.05, 0) is 45.0 Å². The molecule has 5 aliphatic heterocycles. The number of thioether (sulfide) groups is 1. The van der Waals surface area contributed by atoms with Crippen molar-refractivity contribution in [3.05, 3.63) is 48.6 Å². The van der Waals surface area contributed by atoms with Crippen LogP contribution in [0.3, 0.4) is 0 Å². The van der Waals surface area contributed by atoms with Crippen LogP contribution in [-0.2, 0) is 19.1 Å². The SMILES string of the molecule is CCOc1ccc(N2CC=C[C@]3(C)S[C@]45C=CCN(CCN6CCOCC6)C(=O)C4N([C@H](C)CO)C(=O)[C@@H]5[C@@H]3C2=O)cc1. The van der Waals surface area contributed by atoms with Crippen molar-refractivity contribution in [3.63, 3.8) is 0 Å². The first-order valence-corrected chi connectivity index (χ1v) is 16.2. The van der Waals surface area contributed by atoms with Gasteiger partial charge in [-0.3, -0.25) is 19.3 Å². The predicted molar refractivity (Wildman–Crippen MR) is 165 cm³/mol. The van der Waals surface area contributed by atoms with Gasteiger partial charge in [-0.2, -0.15) is 0 Å². The molecule has 1 aromatic carbocycles. The molecule has 11 heteroatoms. The molecule has 3 fully saturated rings. The van der Waals surface area contributed by atoms with Crippen LogP contribution in [0, 0.1) is 11.8 Å². The van der Waals surface area contributed by atoms with Crippen LogP contribution in [0.4, 0.5) is 5.69 Å². The molecule has 1 unspecified atom stereocenters. The molecular formula is C32H42N4O6S. The minimum absolute atomic E-state index is 0.123. The van der Waals surface area contributed by atoms with Crippen LogP contribution in [0.2, 0.25) is 0 Å². The summed E-state index contributed by atoms with van der Waals surface area (Å²) >= 11 is 1.56. The van der Waals surface area contributed by atoms with E-state index in [2.05, 4.69) is 11.0 Å². The molecule has 5 heterocycles. The Balaban J connectivity index is 1.35. The van der Waals surface area contributed by atoms with E-state index in [0.717, 1.165) is 31.1 Å². The lowest BCUT2D eigenvalue weighted by atomic mass is 9.74. The number of nitrogens with zero attached hydrogens (tertiary/aromatic N) is 4. The van der Waals surface area contributed by atoms with E-state index in [1.807, 2.05) is 61.2 Å². The van der Waals surface area contributed by atoms with E-state index in [-0.39, 0.29) is 24.3 Å². The van der Waals surface area contributed by atoms with Gasteiger partial charge in [-0.25, -0.2) is 0 Å². The quantitative estimate of drug-likeness (QED) is 0.445. The molecule has 3 saturated heterocycles. The summed E-state index contributed by atoms with van der Waals surface area (Å²) in [5, 5.41) is 10.2. The van der Waals surface area contributed by atoms with Crippen LogP contribution in [0.15, 0.2) is 48.6 Å². The summed E-state index contributed by atoms with van der Waals surface area (Å²) in [5.41, 5.74) is 0.734. The summed E-state index contributed by atoms with van der Waals surface area (Å²) in [6.45, 7) is 11.1. The smallest absolute Gasteiger partial charge is 0.247 e. The number of carbonyl (C=O) groups is 3. The number of likely N-dealkylation sites (tertiary alicyclic amines) is 1. The van der Waals surface area contributed by atoms with Crippen molar-refractivity contribution in [1.29, 1.82) is 0 Å². The number of carbonyl (C=O) groups excluding carboxylic acids is 3. The second-order valence-electron chi connectivity index (χ2n) is 12.2. The number of aliphatic hydroxyl groups is 1. The third kappa shape index (κ3) is 5.08. The minimum atomic E-state index is -0.938. The van der Waals surface area contributed by atoms with Crippen LogP contribution in [0.1, 0.15) is 20.8 Å². The van der Waals surface area contributed by atoms with Gasteiger partial charge in [0.05, 0.1) is 49.1 Å². The summed E-state index contributed by atoms with van der Waals surface area (Å²) < 4.78 is 9.44. The topological polar surface area (TPSA) is 103 Å². The first kappa shape index (κ1) is 30.2. The molecule has 0 aliphatic carbocycles. The van der Waals surface area contributed by atoms with E-state index in [4.69, 9.17) is 9.47 Å². The lowest BCUT2D eigenvalue weighted by Gasteiger charge is -2.39. The van der Waals surface area contributed by atoms with Crippen molar-refractivity contribution >= 4 is 35.2 Å². The Bertz CT molecular complexity index is 1300. The van der Waals surface area contributed by atoms with E-state index >= 15 is 0 Å². The minimum Gasteiger partial charge on any atom is -0.494 e. The molecule has 6 rings (SSSR count). The first-order chi connectivity index (χ1) is 20.7. The standard InChI is InChI=1S/C32H42N4O6S/c1-4-42-24-9-7-23(8-10-24)35-14-5-11-31(3)25(28(35)38)26-29(39)36(22(2)21-37)27-30(40)34(13-6-12-32(26,27)43-31)16-15-33-17-19-41-20-18-33/h5-12,22,25-27,37H,4,13-21H2,1-3H3/t22-,25-,26+,27?,31+,32+/m1/s1. The number of rotatable bonds is 8. The average Bonchev–Trinajstić information content (AvgIpc) is 3.29. The van der Waals surface area contributed by atoms with Gasteiger partial charge in [0, 0.05) is 49.7 Å². The second-order valence-corrected chi connectivity index (χ2v) is 14.0. The van der Waals surface area contributed by atoms with Crippen molar-refractivity contribution in [3.8, 4) is 5.75 Å². The van der Waals surface area contributed by atoms with Crippen LogP contribution >= 0.6 is 11.8 Å². The van der Waals surface area contributed by atoms with Gasteiger partial charge in [0.25, 0.3) is 0 Å². The molecule has 0 bridgehead atoms. The molecule has 10 nitrogen and oxygen atoms in total. The Hall–Kier alpha value is -2.86. The molecule has 3 amide bonds. The number of amides is 3. The lowest BCUT2D eigenvalue weighted by molar-refractivity contribution is -0.145. The highest BCUT2D eigenvalue weighted by molar-refractivity contribution is 8.02. The monoisotopic (exact) mass is 610 g/mol. The summed E-state index contributed by atoms with van der Waals surface area (Å²) in [7, 11) is 0. The zero-order chi connectivity index (χ0) is 30.4. The van der Waals surface area contributed by atoms with Crippen LogP contribution in [-0.4, -0.2) is 125 Å². The number of aliphatic hydroxyl groups excluding tert-OH is 1. The Labute approximate surface area is 257 Å². The molecular weight excluding hydrogens is 568 g/mol. The highest BCUT2D eigenvalue weighted by Crippen LogP contribution is 2.65. The fourth-order valence-corrected chi connectivity index (χ4v) is 9.62. The lowest BCUT2D eigenvalue weighted by Crippen LogP contribution is -2.57. The van der Waals surface area contributed by atoms with E-state index < -0.39 is 33.4 Å². The Kier molecular flexibility index (Phi) is 8.36. The molecule has 0 aromatic heterocycles. The first-order valence-electron chi connectivity index (χ1n) is 15.4. The predicted octanol–water partition coefficient (Wildman–Crippen LogP) is 1.79. The number of morpholine rings is 1. The number of fused-ring (bicyclic) bond motifs is 2. The van der Waals surface area contributed by atoms with E-state index in [1.165, 1.54) is 0 Å². The average molecular weight is 611 g/mol. The zero-order valence-electron chi connectivity index (χ0n) is 25.2. The third-order valence-electron chi connectivity index (χ3n) is 9.57. The maximum absolute atomic E-state index is 14.5. The fourth-order valence-electron chi connectivity index (χ4n) is 7.48. The second kappa shape index (κ2) is 11.9. The maximum atomic E-state index is 14.5. The van der Waals surface area contributed by atoms with Crippen molar-refractivity contribution in [2.45, 2.75) is 42.3 Å². The molecule has 232 valence electrons. The highest BCUT2D eigenvalue weighted by atomic mass is 32.2. The summed E-state index contributed by atoms with van der Waals surface area (Å²) in [5.74, 6) is -1.21. The molecule has 5 aliphatic rings.